The largest absolute Gasteiger partial charge is 0.496 e. The van der Waals surface area contributed by atoms with Crippen molar-refractivity contribution in [1.29, 1.82) is 0 Å². The molecule has 1 saturated heterocycles. The average molecular weight is 682 g/mol. The fourth-order valence-corrected chi connectivity index (χ4v) is 9.03. The molecule has 4 saturated carbocycles. The summed E-state index contributed by atoms with van der Waals surface area (Å²) in [7, 11) is 1.74. The van der Waals surface area contributed by atoms with Gasteiger partial charge in [-0.2, -0.15) is 0 Å². The molecule has 5 aliphatic rings. The normalized spacial score (nSPS) is 26.7. The fourth-order valence-electron chi connectivity index (χ4n) is 9.03. The van der Waals surface area contributed by atoms with Gasteiger partial charge in [0, 0.05) is 49.4 Å². The maximum absolute atomic E-state index is 14.7. The van der Waals surface area contributed by atoms with Crippen LogP contribution in [0, 0.1) is 24.2 Å². The third-order valence-electron chi connectivity index (χ3n) is 12.4. The average Bonchev–Trinajstić information content (AvgIpc) is 3.62. The quantitative estimate of drug-likeness (QED) is 0.238. The van der Waals surface area contributed by atoms with Crippen LogP contribution in [-0.2, 0) is 20.4 Å². The highest BCUT2D eigenvalue weighted by molar-refractivity contribution is 5.94. The number of imidazole rings is 1. The Bertz CT molecular complexity index is 1690. The second-order valence-corrected chi connectivity index (χ2v) is 17.0. The van der Waals surface area contributed by atoms with Gasteiger partial charge in [-0.15, -0.1) is 0 Å². The molecule has 2 amide bonds. The Hall–Kier alpha value is -3.88. The molecule has 0 spiro atoms. The van der Waals surface area contributed by atoms with E-state index >= 15 is 0 Å². The van der Waals surface area contributed by atoms with Gasteiger partial charge in [-0.1, -0.05) is 39.8 Å². The van der Waals surface area contributed by atoms with Crippen molar-refractivity contribution in [3.05, 3.63) is 65.9 Å². The first-order valence-corrected chi connectivity index (χ1v) is 18.8. The first-order chi connectivity index (χ1) is 23.9. The summed E-state index contributed by atoms with van der Waals surface area (Å²) in [5, 5.41) is 0. The van der Waals surface area contributed by atoms with Crippen LogP contribution in [0.3, 0.4) is 0 Å². The standard InChI is InChI=1S/C41H55N5O4/c1-28-23-44(24-28)38(48)50-33-10-7-30(8-11-33)37(47)46(36-22-32(13-20-42-36)45-25-35(43-27-45)39(3,4)5)26-40-14-17-41(18-15-40,19-16-40)31-9-12-34(49-6)29(2)21-31/h9,12-13,20-22,25,27-28,30,33H,7-8,10-11,14-19,23-24,26H2,1-6H3. The maximum atomic E-state index is 14.7. The van der Waals surface area contributed by atoms with Gasteiger partial charge in [0.2, 0.25) is 5.91 Å². The Morgan fingerprint density at radius 2 is 1.66 bits per heavy atom. The molecule has 0 atom stereocenters. The van der Waals surface area contributed by atoms with Crippen LogP contribution >= 0.6 is 0 Å². The maximum Gasteiger partial charge on any atom is 0.410 e. The number of fused-ring (bicyclic) bond motifs is 3. The highest BCUT2D eigenvalue weighted by atomic mass is 16.6. The predicted octanol–water partition coefficient (Wildman–Crippen LogP) is 8.15. The molecule has 2 bridgehead atoms. The van der Waals surface area contributed by atoms with Gasteiger partial charge in [0.15, 0.2) is 0 Å². The number of hydrogen-bond acceptors (Lipinski definition) is 6. The van der Waals surface area contributed by atoms with E-state index in [0.717, 1.165) is 68.7 Å². The summed E-state index contributed by atoms with van der Waals surface area (Å²) in [5.41, 5.74) is 4.78. The van der Waals surface area contributed by atoms with E-state index in [1.54, 1.807) is 12.0 Å². The summed E-state index contributed by atoms with van der Waals surface area (Å²) in [6.45, 7) is 13.0. The van der Waals surface area contributed by atoms with Crippen LogP contribution in [0.5, 0.6) is 5.75 Å². The predicted molar refractivity (Wildman–Crippen MR) is 195 cm³/mol. The summed E-state index contributed by atoms with van der Waals surface area (Å²) >= 11 is 0. The molecule has 268 valence electrons. The number of carbonyl (C=O) groups excluding carboxylic acids is 2. The molecule has 0 N–H and O–H groups in total. The van der Waals surface area contributed by atoms with Gasteiger partial charge in [0.1, 0.15) is 17.7 Å². The minimum Gasteiger partial charge on any atom is -0.496 e. The topological polar surface area (TPSA) is 89.8 Å². The SMILES string of the molecule is COc1ccc(C23CCC(CN(C(=O)C4CCC(OC(=O)N5CC(C)C5)CC4)c4cc(-n5cnc(C(C)(C)C)c5)ccn4)(CC2)CC3)cc1C. The van der Waals surface area contributed by atoms with Crippen molar-refractivity contribution in [2.45, 2.75) is 116 Å². The molecule has 2 aromatic heterocycles. The lowest BCUT2D eigenvalue weighted by molar-refractivity contribution is -0.124. The van der Waals surface area contributed by atoms with E-state index in [0.29, 0.717) is 44.0 Å². The van der Waals surface area contributed by atoms with Gasteiger partial charge in [-0.05, 0) is 111 Å². The molecule has 1 aliphatic heterocycles. The van der Waals surface area contributed by atoms with Crippen LogP contribution < -0.4 is 9.64 Å². The Labute approximate surface area is 297 Å². The molecular weight excluding hydrogens is 626 g/mol. The minimum atomic E-state index is -0.204. The van der Waals surface area contributed by atoms with E-state index in [2.05, 4.69) is 70.1 Å². The Morgan fingerprint density at radius 3 is 2.26 bits per heavy atom. The number of carbonyl (C=O) groups is 2. The lowest BCUT2D eigenvalue weighted by atomic mass is 9.51. The lowest BCUT2D eigenvalue weighted by Crippen LogP contribution is -2.52. The van der Waals surface area contributed by atoms with E-state index in [1.165, 1.54) is 11.1 Å². The monoisotopic (exact) mass is 681 g/mol. The van der Waals surface area contributed by atoms with E-state index in [-0.39, 0.29) is 40.3 Å². The first kappa shape index (κ1) is 34.6. The molecule has 9 nitrogen and oxygen atoms in total. The Kier molecular flexibility index (Phi) is 9.23. The highest BCUT2D eigenvalue weighted by Gasteiger charge is 2.51. The number of aryl methyl sites for hydroxylation is 1. The van der Waals surface area contributed by atoms with Crippen molar-refractivity contribution < 1.29 is 19.1 Å². The van der Waals surface area contributed by atoms with Crippen LogP contribution in [0.15, 0.2) is 49.1 Å². The number of nitrogens with zero attached hydrogens (tertiary/aromatic N) is 5. The summed E-state index contributed by atoms with van der Waals surface area (Å²) < 4.78 is 13.5. The van der Waals surface area contributed by atoms with Gasteiger partial charge in [0.05, 0.1) is 24.8 Å². The zero-order chi connectivity index (χ0) is 35.3. The van der Waals surface area contributed by atoms with Gasteiger partial charge >= 0.3 is 6.09 Å². The lowest BCUT2D eigenvalue weighted by Gasteiger charge is -2.55. The number of methoxy groups -OCH3 is 1. The van der Waals surface area contributed by atoms with Crippen molar-refractivity contribution in [2.75, 3.05) is 31.6 Å². The van der Waals surface area contributed by atoms with E-state index < -0.39 is 0 Å². The van der Waals surface area contributed by atoms with Crippen molar-refractivity contribution in [1.82, 2.24) is 19.4 Å². The highest BCUT2D eigenvalue weighted by Crippen LogP contribution is 2.58. The number of benzene rings is 1. The van der Waals surface area contributed by atoms with E-state index in [9.17, 15) is 9.59 Å². The van der Waals surface area contributed by atoms with Gasteiger partial charge in [-0.25, -0.2) is 14.8 Å². The molecule has 3 aromatic rings. The number of aromatic nitrogens is 3. The third-order valence-corrected chi connectivity index (χ3v) is 12.4. The second-order valence-electron chi connectivity index (χ2n) is 17.0. The second kappa shape index (κ2) is 13.3. The summed E-state index contributed by atoms with van der Waals surface area (Å²) in [5.74, 6) is 2.23. The molecule has 1 aromatic carbocycles. The summed E-state index contributed by atoms with van der Waals surface area (Å²) in [6, 6.07) is 10.8. The van der Waals surface area contributed by atoms with Crippen LogP contribution in [0.4, 0.5) is 10.6 Å². The molecule has 50 heavy (non-hydrogen) atoms. The number of pyridine rings is 1. The smallest absolute Gasteiger partial charge is 0.410 e. The number of anilines is 1. The molecule has 5 fully saturated rings. The fraction of sp³-hybridized carbons (Fsp3) is 0.610. The Morgan fingerprint density at radius 1 is 0.960 bits per heavy atom. The molecule has 0 unspecified atom stereocenters. The summed E-state index contributed by atoms with van der Waals surface area (Å²) in [4.78, 5) is 40.6. The zero-order valence-electron chi connectivity index (χ0n) is 30.9. The number of rotatable bonds is 8. The minimum absolute atomic E-state index is 0.0616. The third kappa shape index (κ3) is 6.76. The van der Waals surface area contributed by atoms with Gasteiger partial charge in [-0.3, -0.25) is 9.69 Å². The van der Waals surface area contributed by atoms with Crippen LogP contribution in [0.25, 0.3) is 5.69 Å². The van der Waals surface area contributed by atoms with Crippen LogP contribution in [-0.4, -0.2) is 64.3 Å². The number of ether oxygens (including phenoxy) is 2. The molecule has 9 heteroatoms. The molecule has 8 rings (SSSR count). The number of hydrogen-bond donors (Lipinski definition) is 0. The molecular formula is C41H55N5O4. The van der Waals surface area contributed by atoms with Crippen LogP contribution in [0.1, 0.15) is 109 Å². The Balaban J connectivity index is 1.10. The summed E-state index contributed by atoms with van der Waals surface area (Å²) in [6.07, 6.45) is 15.0. The van der Waals surface area contributed by atoms with Crippen molar-refractivity contribution in [3.8, 4) is 11.4 Å². The number of amides is 2. The number of likely N-dealkylation sites (tertiary alicyclic amines) is 1. The molecule has 4 aliphatic carbocycles. The molecule has 3 heterocycles. The molecule has 0 radical (unpaired) electrons. The van der Waals surface area contributed by atoms with Crippen molar-refractivity contribution in [3.63, 3.8) is 0 Å². The van der Waals surface area contributed by atoms with E-state index in [4.69, 9.17) is 14.5 Å². The van der Waals surface area contributed by atoms with Crippen molar-refractivity contribution in [2.24, 2.45) is 17.3 Å². The van der Waals surface area contributed by atoms with Gasteiger partial charge < -0.3 is 18.9 Å². The first-order valence-electron chi connectivity index (χ1n) is 18.8. The van der Waals surface area contributed by atoms with E-state index in [1.807, 2.05) is 28.1 Å². The van der Waals surface area contributed by atoms with Gasteiger partial charge in [0.25, 0.3) is 0 Å². The van der Waals surface area contributed by atoms with Crippen molar-refractivity contribution >= 4 is 17.8 Å². The zero-order valence-corrected chi connectivity index (χ0v) is 30.9. The van der Waals surface area contributed by atoms with Crippen LogP contribution in [0.2, 0.25) is 0 Å².